The lowest BCUT2D eigenvalue weighted by molar-refractivity contribution is -0.146. The van der Waals surface area contributed by atoms with Crippen molar-refractivity contribution in [2.24, 2.45) is 0 Å². The number of hydrogen-bond acceptors (Lipinski definition) is 7. The van der Waals surface area contributed by atoms with Crippen LogP contribution >= 0.6 is 15.9 Å². The van der Waals surface area contributed by atoms with Crippen LogP contribution in [0.4, 0.5) is 0 Å². The van der Waals surface area contributed by atoms with Crippen LogP contribution in [0.3, 0.4) is 0 Å². The van der Waals surface area contributed by atoms with Crippen molar-refractivity contribution in [2.45, 2.75) is 13.3 Å². The normalized spacial score (nSPS) is 10.7. The average Bonchev–Trinajstić information content (AvgIpc) is 2.76. The Balaban J connectivity index is 2.14. The van der Waals surface area contributed by atoms with Crippen LogP contribution in [-0.4, -0.2) is 33.4 Å². The second-order valence-corrected chi connectivity index (χ2v) is 7.14. The van der Waals surface area contributed by atoms with E-state index in [1.165, 1.54) is 14.2 Å². The molecular weight excluding hydrogens is 456 g/mol. The fourth-order valence-electron chi connectivity index (χ4n) is 2.88. The lowest BCUT2D eigenvalue weighted by atomic mass is 10.1. The summed E-state index contributed by atoms with van der Waals surface area (Å²) in [5.74, 6) is 0.453. The minimum Gasteiger partial charge on any atom is -0.493 e. The number of ether oxygens (including phenoxy) is 4. The Morgan fingerprint density at radius 3 is 2.57 bits per heavy atom. The molecule has 3 aromatic rings. The molecule has 8 heteroatoms. The molecule has 0 saturated carbocycles. The average molecular weight is 477 g/mol. The molecule has 0 unspecified atom stereocenters. The number of hydrogen-bond donors (Lipinski definition) is 0. The highest BCUT2D eigenvalue weighted by Gasteiger charge is 2.21. The summed E-state index contributed by atoms with van der Waals surface area (Å²) in [6.45, 7) is 1.76. The van der Waals surface area contributed by atoms with E-state index in [1.54, 1.807) is 36.4 Å². The summed E-state index contributed by atoms with van der Waals surface area (Å²) in [4.78, 5) is 25.0. The first-order valence-corrected chi connectivity index (χ1v) is 10.1. The van der Waals surface area contributed by atoms with Crippen LogP contribution in [0.15, 0.2) is 50.1 Å². The minimum atomic E-state index is -0.566. The number of fused-ring (bicyclic) bond motifs is 1. The van der Waals surface area contributed by atoms with Crippen molar-refractivity contribution in [3.63, 3.8) is 0 Å². The van der Waals surface area contributed by atoms with Crippen LogP contribution in [0.25, 0.3) is 22.3 Å². The lowest BCUT2D eigenvalue weighted by Gasteiger charge is -2.14. The molecule has 0 aliphatic carbocycles. The van der Waals surface area contributed by atoms with Gasteiger partial charge < -0.3 is 23.4 Å². The maximum absolute atomic E-state index is 13.1. The smallest absolute Gasteiger partial charge is 0.344 e. The molecule has 0 bridgehead atoms. The number of carbonyl (C=O) groups excluding carboxylic acids is 1. The number of rotatable bonds is 8. The van der Waals surface area contributed by atoms with E-state index in [0.717, 1.165) is 0 Å². The topological polar surface area (TPSA) is 84.2 Å². The SMILES string of the molecule is CCCOC(=O)COc1c(-c2cc(Br)c(OC)c(OC)c2)oc2ccccc2c1=O. The van der Waals surface area contributed by atoms with Crippen molar-refractivity contribution in [3.05, 3.63) is 51.1 Å². The zero-order chi connectivity index (χ0) is 21.7. The molecule has 0 spiro atoms. The second kappa shape index (κ2) is 9.67. The summed E-state index contributed by atoms with van der Waals surface area (Å²) >= 11 is 3.44. The Hall–Kier alpha value is -3.00. The van der Waals surface area contributed by atoms with E-state index < -0.39 is 12.6 Å². The zero-order valence-electron chi connectivity index (χ0n) is 16.8. The van der Waals surface area contributed by atoms with Crippen molar-refractivity contribution in [3.8, 4) is 28.6 Å². The van der Waals surface area contributed by atoms with Gasteiger partial charge in [0.2, 0.25) is 11.2 Å². The quantitative estimate of drug-likeness (QED) is 0.440. The number of methoxy groups -OCH3 is 2. The molecule has 0 atom stereocenters. The molecule has 0 aliphatic rings. The highest BCUT2D eigenvalue weighted by Crippen LogP contribution is 2.41. The van der Waals surface area contributed by atoms with Crippen molar-refractivity contribution in [1.29, 1.82) is 0 Å². The third kappa shape index (κ3) is 4.43. The third-order valence-electron chi connectivity index (χ3n) is 4.25. The van der Waals surface area contributed by atoms with E-state index in [-0.39, 0.29) is 23.5 Å². The fourth-order valence-corrected chi connectivity index (χ4v) is 3.49. The van der Waals surface area contributed by atoms with Crippen LogP contribution in [0.1, 0.15) is 13.3 Å². The Morgan fingerprint density at radius 2 is 1.87 bits per heavy atom. The van der Waals surface area contributed by atoms with Crippen LogP contribution < -0.4 is 19.6 Å². The molecule has 0 fully saturated rings. The Labute approximate surface area is 181 Å². The van der Waals surface area contributed by atoms with Crippen LogP contribution in [0.5, 0.6) is 17.2 Å². The highest BCUT2D eigenvalue weighted by molar-refractivity contribution is 9.10. The number of para-hydroxylation sites is 1. The highest BCUT2D eigenvalue weighted by atomic mass is 79.9. The molecule has 2 aromatic carbocycles. The largest absolute Gasteiger partial charge is 0.493 e. The van der Waals surface area contributed by atoms with Crippen molar-refractivity contribution >= 4 is 32.9 Å². The second-order valence-electron chi connectivity index (χ2n) is 6.29. The summed E-state index contributed by atoms with van der Waals surface area (Å²) in [5, 5.41) is 0.345. The Kier molecular flexibility index (Phi) is 6.99. The van der Waals surface area contributed by atoms with Crippen LogP contribution in [0, 0.1) is 0 Å². The number of benzene rings is 2. The van der Waals surface area contributed by atoms with Gasteiger partial charge in [0, 0.05) is 5.56 Å². The zero-order valence-corrected chi connectivity index (χ0v) is 18.4. The first-order chi connectivity index (χ1) is 14.5. The summed E-state index contributed by atoms with van der Waals surface area (Å²) in [5.41, 5.74) is 0.518. The monoisotopic (exact) mass is 476 g/mol. The maximum atomic E-state index is 13.1. The number of halogens is 1. The molecule has 0 N–H and O–H groups in total. The first-order valence-electron chi connectivity index (χ1n) is 9.26. The predicted molar refractivity (Wildman–Crippen MR) is 115 cm³/mol. The molecule has 1 heterocycles. The van der Waals surface area contributed by atoms with Crippen molar-refractivity contribution in [2.75, 3.05) is 27.4 Å². The molecule has 0 aliphatic heterocycles. The molecule has 0 amide bonds. The predicted octanol–water partition coefficient (Wildman–Crippen LogP) is 4.57. The van der Waals surface area contributed by atoms with Gasteiger partial charge in [-0.2, -0.15) is 0 Å². The molecule has 158 valence electrons. The van der Waals surface area contributed by atoms with E-state index in [2.05, 4.69) is 15.9 Å². The van der Waals surface area contributed by atoms with E-state index in [9.17, 15) is 9.59 Å². The van der Waals surface area contributed by atoms with Gasteiger partial charge in [0.1, 0.15) is 5.58 Å². The summed E-state index contributed by atoms with van der Waals surface area (Å²) < 4.78 is 28.0. The van der Waals surface area contributed by atoms with Crippen LogP contribution in [0.2, 0.25) is 0 Å². The van der Waals surface area contributed by atoms with Gasteiger partial charge in [-0.05, 0) is 46.6 Å². The van der Waals surface area contributed by atoms with Gasteiger partial charge in [0.15, 0.2) is 23.9 Å². The van der Waals surface area contributed by atoms with E-state index in [0.29, 0.717) is 38.9 Å². The third-order valence-corrected chi connectivity index (χ3v) is 4.84. The van der Waals surface area contributed by atoms with E-state index >= 15 is 0 Å². The Bertz CT molecular complexity index is 1120. The maximum Gasteiger partial charge on any atom is 0.344 e. The van der Waals surface area contributed by atoms with Gasteiger partial charge in [0.25, 0.3) is 0 Å². The molecule has 0 radical (unpaired) electrons. The minimum absolute atomic E-state index is 0.0822. The van der Waals surface area contributed by atoms with Crippen LogP contribution in [-0.2, 0) is 9.53 Å². The molecule has 0 saturated heterocycles. The van der Waals surface area contributed by atoms with Gasteiger partial charge in [-0.1, -0.05) is 19.1 Å². The summed E-state index contributed by atoms with van der Waals surface area (Å²) in [7, 11) is 3.03. The fraction of sp³-hybridized carbons (Fsp3) is 0.273. The van der Waals surface area contributed by atoms with Gasteiger partial charge >= 0.3 is 5.97 Å². The summed E-state index contributed by atoms with van der Waals surface area (Å²) in [6, 6.07) is 10.2. The Morgan fingerprint density at radius 1 is 1.10 bits per heavy atom. The molecule has 7 nitrogen and oxygen atoms in total. The van der Waals surface area contributed by atoms with E-state index in [4.69, 9.17) is 23.4 Å². The van der Waals surface area contributed by atoms with Crippen molar-refractivity contribution < 1.29 is 28.2 Å². The van der Waals surface area contributed by atoms with E-state index in [1.807, 2.05) is 6.92 Å². The van der Waals surface area contributed by atoms with Gasteiger partial charge in [-0.15, -0.1) is 0 Å². The van der Waals surface area contributed by atoms with Gasteiger partial charge in [-0.3, -0.25) is 4.79 Å². The first kappa shape index (κ1) is 21.7. The van der Waals surface area contributed by atoms with Gasteiger partial charge in [0.05, 0.1) is 30.7 Å². The standard InChI is InChI=1S/C22H21BrO7/c1-4-9-28-18(24)12-29-22-19(25)14-7-5-6-8-16(14)30-20(22)13-10-15(23)21(27-3)17(11-13)26-2/h5-8,10-11H,4,9,12H2,1-3H3. The molecule has 30 heavy (non-hydrogen) atoms. The summed E-state index contributed by atoms with van der Waals surface area (Å²) in [6.07, 6.45) is 0.689. The van der Waals surface area contributed by atoms with Crippen molar-refractivity contribution in [1.82, 2.24) is 0 Å². The lowest BCUT2D eigenvalue weighted by Crippen LogP contribution is -2.19. The molecule has 1 aromatic heterocycles. The molecular formula is C22H21BrO7. The van der Waals surface area contributed by atoms with Gasteiger partial charge in [-0.25, -0.2) is 4.79 Å². The number of carbonyl (C=O) groups is 1. The number of esters is 1. The molecule has 3 rings (SSSR count).